The van der Waals surface area contributed by atoms with Crippen LogP contribution in [-0.2, 0) is 10.2 Å². The van der Waals surface area contributed by atoms with E-state index >= 15 is 0 Å². The zero-order valence-electron chi connectivity index (χ0n) is 11.4. The quantitative estimate of drug-likeness (QED) is 0.871. The highest BCUT2D eigenvalue weighted by molar-refractivity contribution is 5.80. The topological polar surface area (TPSA) is 32.3 Å². The predicted molar refractivity (Wildman–Crippen MR) is 72.3 cm³/mol. The highest BCUT2D eigenvalue weighted by Crippen LogP contribution is 2.24. The van der Waals surface area contributed by atoms with Crippen molar-refractivity contribution in [2.75, 3.05) is 26.0 Å². The third-order valence-electron chi connectivity index (χ3n) is 2.67. The zero-order valence-corrected chi connectivity index (χ0v) is 11.4. The molecule has 1 rings (SSSR count). The van der Waals surface area contributed by atoms with Gasteiger partial charge in [-0.3, -0.25) is 4.79 Å². The Balaban J connectivity index is 2.70. The number of carbonyl (C=O) groups is 1. The molecule has 0 aliphatic rings. The van der Waals surface area contributed by atoms with Crippen molar-refractivity contribution in [2.24, 2.45) is 0 Å². The summed E-state index contributed by atoms with van der Waals surface area (Å²) in [4.78, 5) is 13.0. The third kappa shape index (κ3) is 4.10. The van der Waals surface area contributed by atoms with Gasteiger partial charge in [-0.15, -0.1) is 0 Å². The normalized spacial score (nSPS) is 11.1. The third-order valence-corrected chi connectivity index (χ3v) is 2.67. The van der Waals surface area contributed by atoms with Crippen LogP contribution >= 0.6 is 0 Å². The van der Waals surface area contributed by atoms with Crippen molar-refractivity contribution in [3.8, 4) is 0 Å². The second-order valence-corrected chi connectivity index (χ2v) is 5.47. The van der Waals surface area contributed by atoms with Crippen molar-refractivity contribution in [3.05, 3.63) is 29.8 Å². The van der Waals surface area contributed by atoms with Crippen LogP contribution in [0.1, 0.15) is 26.3 Å². The Kier molecular flexibility index (Phi) is 4.16. The summed E-state index contributed by atoms with van der Waals surface area (Å²) in [5.74, 6) is 0.0751. The van der Waals surface area contributed by atoms with Crippen LogP contribution in [0.3, 0.4) is 0 Å². The van der Waals surface area contributed by atoms with Gasteiger partial charge in [0, 0.05) is 19.8 Å². The number of hydrogen-bond acceptors (Lipinski definition) is 2. The van der Waals surface area contributed by atoms with E-state index in [4.69, 9.17) is 0 Å². The second-order valence-electron chi connectivity index (χ2n) is 5.47. The van der Waals surface area contributed by atoms with Crippen molar-refractivity contribution < 1.29 is 4.79 Å². The molecular formula is C14H22N2O. The summed E-state index contributed by atoms with van der Waals surface area (Å²) in [6.07, 6.45) is 0. The summed E-state index contributed by atoms with van der Waals surface area (Å²) in [6, 6.07) is 8.21. The number of anilines is 1. The first kappa shape index (κ1) is 13.6. The molecule has 0 radical (unpaired) electrons. The second kappa shape index (κ2) is 5.21. The molecule has 0 fully saturated rings. The SMILES string of the molecule is CN(C)C(=O)CNc1cccc(C(C)(C)C)c1. The van der Waals surface area contributed by atoms with Gasteiger partial charge in [-0.2, -0.15) is 0 Å². The van der Waals surface area contributed by atoms with Crippen molar-refractivity contribution in [2.45, 2.75) is 26.2 Å². The first-order valence-corrected chi connectivity index (χ1v) is 5.85. The minimum atomic E-state index is 0.0751. The zero-order chi connectivity index (χ0) is 13.1. The average Bonchev–Trinajstić information content (AvgIpc) is 2.25. The molecule has 0 heterocycles. The van der Waals surface area contributed by atoms with Crippen molar-refractivity contribution >= 4 is 11.6 Å². The fourth-order valence-electron chi connectivity index (χ4n) is 1.43. The van der Waals surface area contributed by atoms with Crippen LogP contribution in [0.4, 0.5) is 5.69 Å². The molecule has 0 aliphatic carbocycles. The minimum absolute atomic E-state index is 0.0751. The highest BCUT2D eigenvalue weighted by atomic mass is 16.2. The number of amides is 1. The van der Waals surface area contributed by atoms with Crippen molar-refractivity contribution in [1.82, 2.24) is 4.90 Å². The Morgan fingerprint density at radius 1 is 1.29 bits per heavy atom. The number of nitrogens with zero attached hydrogens (tertiary/aromatic N) is 1. The highest BCUT2D eigenvalue weighted by Gasteiger charge is 2.13. The lowest BCUT2D eigenvalue weighted by Crippen LogP contribution is -2.28. The molecule has 3 heteroatoms. The molecule has 94 valence electrons. The van der Waals surface area contributed by atoms with E-state index in [0.29, 0.717) is 6.54 Å². The molecule has 0 atom stereocenters. The van der Waals surface area contributed by atoms with Crippen LogP contribution < -0.4 is 5.32 Å². The van der Waals surface area contributed by atoms with Gasteiger partial charge in [0.2, 0.25) is 5.91 Å². The van der Waals surface area contributed by atoms with Crippen LogP contribution in [0.15, 0.2) is 24.3 Å². The lowest BCUT2D eigenvalue weighted by Gasteiger charge is -2.20. The van der Waals surface area contributed by atoms with E-state index in [1.165, 1.54) is 5.56 Å². The van der Waals surface area contributed by atoms with E-state index in [9.17, 15) is 4.79 Å². The maximum Gasteiger partial charge on any atom is 0.241 e. The number of rotatable bonds is 3. The van der Waals surface area contributed by atoms with Gasteiger partial charge in [0.15, 0.2) is 0 Å². The molecule has 0 saturated carbocycles. The van der Waals surface area contributed by atoms with Crippen molar-refractivity contribution in [1.29, 1.82) is 0 Å². The average molecular weight is 234 g/mol. The summed E-state index contributed by atoms with van der Waals surface area (Å²) >= 11 is 0. The number of carbonyl (C=O) groups excluding carboxylic acids is 1. The van der Waals surface area contributed by atoms with Crippen molar-refractivity contribution in [3.63, 3.8) is 0 Å². The van der Waals surface area contributed by atoms with Gasteiger partial charge in [0.05, 0.1) is 6.54 Å². The van der Waals surface area contributed by atoms with E-state index in [2.05, 4.69) is 38.2 Å². The molecule has 1 aromatic carbocycles. The van der Waals surface area contributed by atoms with Gasteiger partial charge in [0.1, 0.15) is 0 Å². The molecule has 1 aromatic rings. The first-order valence-electron chi connectivity index (χ1n) is 5.85. The molecule has 0 unspecified atom stereocenters. The fraction of sp³-hybridized carbons (Fsp3) is 0.500. The summed E-state index contributed by atoms with van der Waals surface area (Å²) in [7, 11) is 3.52. The van der Waals surface area contributed by atoms with Crippen LogP contribution in [-0.4, -0.2) is 31.4 Å². The summed E-state index contributed by atoms with van der Waals surface area (Å²) in [5, 5.41) is 3.15. The Morgan fingerprint density at radius 2 is 1.94 bits per heavy atom. The Morgan fingerprint density at radius 3 is 2.47 bits per heavy atom. The minimum Gasteiger partial charge on any atom is -0.376 e. The predicted octanol–water partition coefficient (Wildman–Crippen LogP) is 2.48. The lowest BCUT2D eigenvalue weighted by molar-refractivity contribution is -0.126. The molecule has 0 bridgehead atoms. The van der Waals surface area contributed by atoms with Gasteiger partial charge >= 0.3 is 0 Å². The molecule has 0 aliphatic heterocycles. The standard InChI is InChI=1S/C14H22N2O/c1-14(2,3)11-7-6-8-12(9-11)15-10-13(17)16(4)5/h6-9,15H,10H2,1-5H3. The number of nitrogens with one attached hydrogen (secondary N) is 1. The lowest BCUT2D eigenvalue weighted by atomic mass is 9.87. The van der Waals surface area contributed by atoms with Crippen LogP contribution in [0, 0.1) is 0 Å². The first-order chi connectivity index (χ1) is 7.80. The molecule has 1 amide bonds. The van der Waals surface area contributed by atoms with E-state index < -0.39 is 0 Å². The smallest absolute Gasteiger partial charge is 0.241 e. The van der Waals surface area contributed by atoms with E-state index in [1.807, 2.05) is 12.1 Å². The van der Waals surface area contributed by atoms with E-state index in [0.717, 1.165) is 5.69 Å². The Hall–Kier alpha value is -1.51. The Bertz CT molecular complexity index is 391. The Labute approximate surface area is 104 Å². The summed E-state index contributed by atoms with van der Waals surface area (Å²) in [5.41, 5.74) is 2.39. The van der Waals surface area contributed by atoms with Gasteiger partial charge in [0.25, 0.3) is 0 Å². The maximum atomic E-state index is 11.5. The number of likely N-dealkylation sites (N-methyl/N-ethyl adjacent to an activating group) is 1. The summed E-state index contributed by atoms with van der Waals surface area (Å²) < 4.78 is 0. The van der Waals surface area contributed by atoms with Gasteiger partial charge in [-0.05, 0) is 23.1 Å². The number of hydrogen-bond donors (Lipinski definition) is 1. The molecule has 0 spiro atoms. The largest absolute Gasteiger partial charge is 0.376 e. The van der Waals surface area contributed by atoms with Crippen LogP contribution in [0.5, 0.6) is 0 Å². The van der Waals surface area contributed by atoms with Gasteiger partial charge < -0.3 is 10.2 Å². The number of benzene rings is 1. The summed E-state index contributed by atoms with van der Waals surface area (Å²) in [6.45, 7) is 6.87. The van der Waals surface area contributed by atoms with Gasteiger partial charge in [-0.1, -0.05) is 32.9 Å². The molecular weight excluding hydrogens is 212 g/mol. The van der Waals surface area contributed by atoms with Crippen LogP contribution in [0.25, 0.3) is 0 Å². The fourth-order valence-corrected chi connectivity index (χ4v) is 1.43. The van der Waals surface area contributed by atoms with E-state index in [-0.39, 0.29) is 11.3 Å². The molecule has 0 saturated heterocycles. The molecule has 17 heavy (non-hydrogen) atoms. The van der Waals surface area contributed by atoms with Gasteiger partial charge in [-0.25, -0.2) is 0 Å². The van der Waals surface area contributed by atoms with E-state index in [1.54, 1.807) is 19.0 Å². The van der Waals surface area contributed by atoms with Crippen LogP contribution in [0.2, 0.25) is 0 Å². The molecule has 0 aromatic heterocycles. The maximum absolute atomic E-state index is 11.5. The monoisotopic (exact) mass is 234 g/mol. The molecule has 3 nitrogen and oxygen atoms in total. The molecule has 1 N–H and O–H groups in total.